The summed E-state index contributed by atoms with van der Waals surface area (Å²) in [4.78, 5) is 19.5. The number of benzene rings is 1. The van der Waals surface area contributed by atoms with Gasteiger partial charge in [-0.05, 0) is 75.4 Å². The van der Waals surface area contributed by atoms with Crippen LogP contribution in [0.5, 0.6) is 0 Å². The summed E-state index contributed by atoms with van der Waals surface area (Å²) in [5.74, 6) is 1.33. The largest absolute Gasteiger partial charge is 0.363 e. The Bertz CT molecular complexity index is 1110. The zero-order chi connectivity index (χ0) is 22.5. The zero-order valence-corrected chi connectivity index (χ0v) is 19.6. The molecular formula is C24H31N3O3S. The molecule has 1 unspecified atom stereocenters. The number of fused-ring (bicyclic) bond motifs is 1. The van der Waals surface area contributed by atoms with Crippen molar-refractivity contribution in [3.05, 3.63) is 47.7 Å². The lowest BCUT2D eigenvalue weighted by Gasteiger charge is -2.46. The molecule has 7 heteroatoms. The Labute approximate surface area is 185 Å². The molecule has 1 aromatic carbocycles. The van der Waals surface area contributed by atoms with Gasteiger partial charge in [-0.15, -0.1) is 0 Å². The monoisotopic (exact) mass is 441 g/mol. The van der Waals surface area contributed by atoms with Crippen molar-refractivity contribution in [2.75, 3.05) is 10.2 Å². The second-order valence-corrected chi connectivity index (χ2v) is 11.7. The Morgan fingerprint density at radius 2 is 1.90 bits per heavy atom. The molecule has 1 fully saturated rings. The normalized spacial score (nSPS) is 23.5. The number of hydrogen-bond donors (Lipinski definition) is 1. The van der Waals surface area contributed by atoms with E-state index in [1.165, 1.54) is 0 Å². The average Bonchev–Trinajstić information content (AvgIpc) is 3.54. The maximum atomic E-state index is 12.9. The van der Waals surface area contributed by atoms with E-state index in [0.717, 1.165) is 35.6 Å². The van der Waals surface area contributed by atoms with Crippen LogP contribution in [0.15, 0.2) is 41.3 Å². The molecule has 0 bridgehead atoms. The van der Waals surface area contributed by atoms with Gasteiger partial charge >= 0.3 is 0 Å². The number of hydrogen-bond acceptors (Lipinski definition) is 5. The van der Waals surface area contributed by atoms with Crippen molar-refractivity contribution < 1.29 is 13.2 Å². The van der Waals surface area contributed by atoms with Crippen LogP contribution in [0.2, 0.25) is 0 Å². The molecule has 1 aliphatic carbocycles. The number of pyridine rings is 1. The SMILES string of the molecule is CC(=O)N1c2ccc(S(=O)(=O)C(C)C)cc2C(Nc2cccc(C)n2)[C@@H](C)[C@@H]1C1CC1. The van der Waals surface area contributed by atoms with Crippen LogP contribution in [-0.2, 0) is 14.6 Å². The molecular weight excluding hydrogens is 410 g/mol. The summed E-state index contributed by atoms with van der Waals surface area (Å²) in [5, 5.41) is 3.05. The minimum absolute atomic E-state index is 0.00315. The van der Waals surface area contributed by atoms with Gasteiger partial charge in [0.2, 0.25) is 5.91 Å². The maximum absolute atomic E-state index is 12.9. The Morgan fingerprint density at radius 1 is 1.19 bits per heavy atom. The van der Waals surface area contributed by atoms with E-state index in [-0.39, 0.29) is 23.9 Å². The number of aryl methyl sites for hydroxylation is 1. The van der Waals surface area contributed by atoms with Crippen LogP contribution in [0, 0.1) is 18.8 Å². The lowest BCUT2D eigenvalue weighted by molar-refractivity contribution is -0.117. The Morgan fingerprint density at radius 3 is 2.48 bits per heavy atom. The van der Waals surface area contributed by atoms with Crippen molar-refractivity contribution in [2.24, 2.45) is 11.8 Å². The van der Waals surface area contributed by atoms with Crippen LogP contribution in [0.4, 0.5) is 11.5 Å². The number of rotatable bonds is 5. The molecule has 4 rings (SSSR count). The van der Waals surface area contributed by atoms with E-state index in [0.29, 0.717) is 10.8 Å². The van der Waals surface area contributed by atoms with E-state index >= 15 is 0 Å². The molecule has 1 saturated carbocycles. The third-order valence-electron chi connectivity index (χ3n) is 6.54. The topological polar surface area (TPSA) is 79.4 Å². The molecule has 31 heavy (non-hydrogen) atoms. The van der Waals surface area contributed by atoms with Crippen LogP contribution in [0.25, 0.3) is 0 Å². The van der Waals surface area contributed by atoms with Crippen molar-refractivity contribution in [3.63, 3.8) is 0 Å². The predicted octanol–water partition coefficient (Wildman–Crippen LogP) is 4.51. The van der Waals surface area contributed by atoms with Crippen molar-refractivity contribution in [1.29, 1.82) is 0 Å². The van der Waals surface area contributed by atoms with Gasteiger partial charge in [0.05, 0.1) is 16.2 Å². The van der Waals surface area contributed by atoms with Crippen molar-refractivity contribution in [1.82, 2.24) is 4.98 Å². The maximum Gasteiger partial charge on any atom is 0.224 e. The fourth-order valence-corrected chi connectivity index (χ4v) is 5.87. The smallest absolute Gasteiger partial charge is 0.224 e. The second-order valence-electron chi connectivity index (χ2n) is 9.18. The van der Waals surface area contributed by atoms with Crippen LogP contribution in [0.3, 0.4) is 0 Å². The van der Waals surface area contributed by atoms with Crippen molar-refractivity contribution in [3.8, 4) is 0 Å². The molecule has 2 aromatic rings. The highest BCUT2D eigenvalue weighted by Crippen LogP contribution is 2.50. The molecule has 0 spiro atoms. The van der Waals surface area contributed by atoms with Crippen molar-refractivity contribution >= 4 is 27.2 Å². The molecule has 166 valence electrons. The summed E-state index contributed by atoms with van der Waals surface area (Å²) in [6, 6.07) is 11.0. The number of aromatic nitrogens is 1. The quantitative estimate of drug-likeness (QED) is 0.739. The van der Waals surface area contributed by atoms with Crippen molar-refractivity contribution in [2.45, 2.75) is 69.7 Å². The summed E-state index contributed by atoms with van der Waals surface area (Å²) in [6.45, 7) is 9.07. The molecule has 1 aliphatic heterocycles. The van der Waals surface area contributed by atoms with Gasteiger partial charge in [0.25, 0.3) is 0 Å². The predicted molar refractivity (Wildman–Crippen MR) is 123 cm³/mol. The molecule has 1 aromatic heterocycles. The fraction of sp³-hybridized carbons (Fsp3) is 0.500. The van der Waals surface area contributed by atoms with Crippen LogP contribution in [-0.4, -0.2) is 30.6 Å². The first-order valence-corrected chi connectivity index (χ1v) is 12.5. The molecule has 0 saturated heterocycles. The van der Waals surface area contributed by atoms with Crippen LogP contribution < -0.4 is 10.2 Å². The minimum atomic E-state index is -3.43. The first-order valence-electron chi connectivity index (χ1n) is 11.0. The number of sulfone groups is 1. The summed E-state index contributed by atoms with van der Waals surface area (Å²) in [7, 11) is -3.43. The number of amides is 1. The highest BCUT2D eigenvalue weighted by molar-refractivity contribution is 7.92. The molecule has 1 amide bonds. The number of nitrogens with zero attached hydrogens (tertiary/aromatic N) is 2. The van der Waals surface area contributed by atoms with E-state index in [4.69, 9.17) is 0 Å². The first kappa shape index (κ1) is 21.8. The molecule has 1 N–H and O–H groups in total. The molecule has 2 heterocycles. The Hall–Kier alpha value is -2.41. The summed E-state index contributed by atoms with van der Waals surface area (Å²) < 4.78 is 25.8. The van der Waals surface area contributed by atoms with Gasteiger partial charge in [-0.1, -0.05) is 13.0 Å². The number of carbonyl (C=O) groups is 1. The van der Waals surface area contributed by atoms with Gasteiger partial charge in [0.1, 0.15) is 5.82 Å². The van der Waals surface area contributed by atoms with Gasteiger partial charge in [-0.2, -0.15) is 0 Å². The molecule has 0 radical (unpaired) electrons. The van der Waals surface area contributed by atoms with Gasteiger partial charge in [-0.25, -0.2) is 13.4 Å². The number of anilines is 2. The third-order valence-corrected chi connectivity index (χ3v) is 8.69. The van der Waals surface area contributed by atoms with Gasteiger partial charge in [0, 0.05) is 30.3 Å². The van der Waals surface area contributed by atoms with Gasteiger partial charge in [0.15, 0.2) is 9.84 Å². The van der Waals surface area contributed by atoms with Crippen LogP contribution >= 0.6 is 0 Å². The molecule has 3 atom stereocenters. The molecule has 6 nitrogen and oxygen atoms in total. The number of nitrogens with one attached hydrogen (secondary N) is 1. The van der Waals surface area contributed by atoms with E-state index in [1.807, 2.05) is 36.1 Å². The summed E-state index contributed by atoms with van der Waals surface area (Å²) in [5.41, 5.74) is 2.55. The third kappa shape index (κ3) is 3.95. The summed E-state index contributed by atoms with van der Waals surface area (Å²) >= 11 is 0. The number of carbonyl (C=O) groups excluding carboxylic acids is 1. The van der Waals surface area contributed by atoms with E-state index in [2.05, 4.69) is 17.2 Å². The van der Waals surface area contributed by atoms with E-state index in [1.54, 1.807) is 32.9 Å². The second kappa shape index (κ2) is 7.93. The standard InChI is InChI=1S/C24H31N3O3S/c1-14(2)31(29,30)19-11-12-21-20(13-19)23(26-22-8-6-7-15(3)25-22)16(4)24(18-9-10-18)27(21)17(5)28/h6-8,11-14,16,18,23-24H,9-10H2,1-5H3,(H,25,26)/t16-,23?,24-/m1/s1. The van der Waals surface area contributed by atoms with E-state index < -0.39 is 15.1 Å². The Kier molecular flexibility index (Phi) is 5.58. The van der Waals surface area contributed by atoms with E-state index in [9.17, 15) is 13.2 Å². The Balaban J connectivity index is 1.87. The zero-order valence-electron chi connectivity index (χ0n) is 18.8. The summed E-state index contributed by atoms with van der Waals surface area (Å²) in [6.07, 6.45) is 2.23. The molecule has 2 aliphatic rings. The average molecular weight is 442 g/mol. The minimum Gasteiger partial charge on any atom is -0.363 e. The highest BCUT2D eigenvalue weighted by atomic mass is 32.2. The first-order chi connectivity index (χ1) is 14.6. The van der Waals surface area contributed by atoms with Gasteiger partial charge < -0.3 is 10.2 Å². The lowest BCUT2D eigenvalue weighted by atomic mass is 9.80. The lowest BCUT2D eigenvalue weighted by Crippen LogP contribution is -2.51. The highest BCUT2D eigenvalue weighted by Gasteiger charge is 2.47. The van der Waals surface area contributed by atoms with Crippen LogP contribution in [0.1, 0.15) is 57.8 Å². The van der Waals surface area contributed by atoms with Gasteiger partial charge in [-0.3, -0.25) is 4.79 Å². The fourth-order valence-electron chi connectivity index (χ4n) is 4.78.